The molecule has 1 aromatic rings. The van der Waals surface area contributed by atoms with E-state index in [0.717, 1.165) is 26.2 Å². The number of rotatable bonds is 2. The quantitative estimate of drug-likeness (QED) is 0.745. The molecule has 3 nitrogen and oxygen atoms in total. The minimum Gasteiger partial charge on any atom is -0.368 e. The van der Waals surface area contributed by atoms with Crippen LogP contribution in [0.25, 0.3) is 0 Å². The van der Waals surface area contributed by atoms with Crippen LogP contribution in [0, 0.1) is 6.92 Å². The molecule has 1 saturated heterocycles. The maximum Gasteiger partial charge on any atom is 0.246 e. The SMILES string of the molecule is C/C=C/C(=O)N1CCN(c2cccc(C)c2)CC1. The summed E-state index contributed by atoms with van der Waals surface area (Å²) in [6.07, 6.45) is 3.44. The van der Waals surface area contributed by atoms with E-state index in [9.17, 15) is 4.79 Å². The van der Waals surface area contributed by atoms with Crippen molar-refractivity contribution in [2.24, 2.45) is 0 Å². The van der Waals surface area contributed by atoms with Crippen LogP contribution >= 0.6 is 0 Å². The van der Waals surface area contributed by atoms with Crippen LogP contribution in [0.1, 0.15) is 12.5 Å². The maximum absolute atomic E-state index is 11.7. The molecule has 1 fully saturated rings. The molecule has 0 aliphatic carbocycles. The van der Waals surface area contributed by atoms with Crippen LogP contribution in [0.4, 0.5) is 5.69 Å². The van der Waals surface area contributed by atoms with Crippen molar-refractivity contribution in [3.63, 3.8) is 0 Å². The van der Waals surface area contributed by atoms with Crippen LogP contribution in [0.5, 0.6) is 0 Å². The zero-order valence-corrected chi connectivity index (χ0v) is 11.1. The van der Waals surface area contributed by atoms with Gasteiger partial charge in [-0.1, -0.05) is 18.2 Å². The molecule has 0 atom stereocenters. The van der Waals surface area contributed by atoms with Gasteiger partial charge in [-0.15, -0.1) is 0 Å². The molecule has 0 spiro atoms. The summed E-state index contributed by atoms with van der Waals surface area (Å²) in [4.78, 5) is 16.0. The molecular weight excluding hydrogens is 224 g/mol. The van der Waals surface area contributed by atoms with Crippen LogP contribution in [-0.4, -0.2) is 37.0 Å². The average Bonchev–Trinajstić information content (AvgIpc) is 2.39. The maximum atomic E-state index is 11.7. The van der Waals surface area contributed by atoms with Gasteiger partial charge in [-0.05, 0) is 37.6 Å². The summed E-state index contributed by atoms with van der Waals surface area (Å²) in [5.41, 5.74) is 2.54. The highest BCUT2D eigenvalue weighted by Gasteiger charge is 2.19. The summed E-state index contributed by atoms with van der Waals surface area (Å²) in [6, 6.07) is 8.52. The van der Waals surface area contributed by atoms with Crippen molar-refractivity contribution >= 4 is 11.6 Å². The lowest BCUT2D eigenvalue weighted by Gasteiger charge is -2.35. The lowest BCUT2D eigenvalue weighted by Crippen LogP contribution is -2.48. The van der Waals surface area contributed by atoms with Crippen molar-refractivity contribution in [1.29, 1.82) is 0 Å². The van der Waals surface area contributed by atoms with Gasteiger partial charge in [0.2, 0.25) is 5.91 Å². The Bertz CT molecular complexity index is 446. The number of hydrogen-bond acceptors (Lipinski definition) is 2. The Labute approximate surface area is 109 Å². The van der Waals surface area contributed by atoms with E-state index in [1.54, 1.807) is 12.2 Å². The molecule has 1 heterocycles. The summed E-state index contributed by atoms with van der Waals surface area (Å²) >= 11 is 0. The average molecular weight is 244 g/mol. The van der Waals surface area contributed by atoms with Gasteiger partial charge in [0.05, 0.1) is 0 Å². The molecule has 1 aliphatic heterocycles. The van der Waals surface area contributed by atoms with Crippen molar-refractivity contribution in [2.75, 3.05) is 31.1 Å². The van der Waals surface area contributed by atoms with Crippen molar-refractivity contribution in [2.45, 2.75) is 13.8 Å². The number of piperazine rings is 1. The number of carbonyl (C=O) groups is 1. The summed E-state index contributed by atoms with van der Waals surface area (Å²) in [5.74, 6) is 0.126. The molecule has 0 N–H and O–H groups in total. The van der Waals surface area contributed by atoms with Crippen molar-refractivity contribution in [1.82, 2.24) is 4.90 Å². The Hall–Kier alpha value is -1.77. The molecule has 3 heteroatoms. The Balaban J connectivity index is 1.96. The number of nitrogens with zero attached hydrogens (tertiary/aromatic N) is 2. The zero-order valence-electron chi connectivity index (χ0n) is 11.1. The zero-order chi connectivity index (χ0) is 13.0. The number of anilines is 1. The van der Waals surface area contributed by atoms with Crippen LogP contribution in [0.15, 0.2) is 36.4 Å². The molecular formula is C15H20N2O. The number of aryl methyl sites for hydroxylation is 1. The highest BCUT2D eigenvalue weighted by molar-refractivity contribution is 5.87. The molecule has 1 aliphatic rings. The van der Waals surface area contributed by atoms with Gasteiger partial charge >= 0.3 is 0 Å². The van der Waals surface area contributed by atoms with Crippen LogP contribution in [-0.2, 0) is 4.79 Å². The van der Waals surface area contributed by atoms with Crippen LogP contribution in [0.2, 0.25) is 0 Å². The van der Waals surface area contributed by atoms with Crippen LogP contribution in [0.3, 0.4) is 0 Å². The first-order valence-corrected chi connectivity index (χ1v) is 6.44. The molecule has 0 unspecified atom stereocenters. The molecule has 96 valence electrons. The number of allylic oxidation sites excluding steroid dienone is 1. The Morgan fingerprint density at radius 2 is 1.94 bits per heavy atom. The lowest BCUT2D eigenvalue weighted by atomic mass is 10.2. The number of hydrogen-bond donors (Lipinski definition) is 0. The normalized spacial score (nSPS) is 16.3. The fraction of sp³-hybridized carbons (Fsp3) is 0.400. The third-order valence-electron chi connectivity index (χ3n) is 3.27. The van der Waals surface area contributed by atoms with Gasteiger partial charge in [0.15, 0.2) is 0 Å². The molecule has 0 bridgehead atoms. The topological polar surface area (TPSA) is 23.6 Å². The van der Waals surface area contributed by atoms with Crippen LogP contribution < -0.4 is 4.90 Å². The fourth-order valence-corrected chi connectivity index (χ4v) is 2.26. The fourth-order valence-electron chi connectivity index (χ4n) is 2.26. The van der Waals surface area contributed by atoms with Gasteiger partial charge in [-0.2, -0.15) is 0 Å². The van der Waals surface area contributed by atoms with Gasteiger partial charge in [0, 0.05) is 31.9 Å². The van der Waals surface area contributed by atoms with Gasteiger partial charge in [0.25, 0.3) is 0 Å². The van der Waals surface area contributed by atoms with E-state index in [-0.39, 0.29) is 5.91 Å². The standard InChI is InChI=1S/C15H20N2O/c1-3-5-15(18)17-10-8-16(9-11-17)14-7-4-6-13(2)12-14/h3-7,12H,8-11H2,1-2H3/b5-3+. The second-order valence-corrected chi connectivity index (χ2v) is 4.65. The number of amides is 1. The summed E-state index contributed by atoms with van der Waals surface area (Å²) in [7, 11) is 0. The molecule has 2 rings (SSSR count). The molecule has 1 aromatic carbocycles. The van der Waals surface area contributed by atoms with E-state index in [4.69, 9.17) is 0 Å². The van der Waals surface area contributed by atoms with Crippen molar-refractivity contribution in [3.8, 4) is 0 Å². The predicted octanol–water partition coefficient (Wildman–Crippen LogP) is 2.22. The molecule has 0 saturated carbocycles. The lowest BCUT2D eigenvalue weighted by molar-refractivity contribution is -0.126. The van der Waals surface area contributed by atoms with Gasteiger partial charge < -0.3 is 9.80 Å². The smallest absolute Gasteiger partial charge is 0.246 e. The first-order valence-electron chi connectivity index (χ1n) is 6.44. The summed E-state index contributed by atoms with van der Waals surface area (Å²) < 4.78 is 0. The number of carbonyl (C=O) groups excluding carboxylic acids is 1. The monoisotopic (exact) mass is 244 g/mol. The van der Waals surface area contributed by atoms with Gasteiger partial charge in [-0.25, -0.2) is 0 Å². The highest BCUT2D eigenvalue weighted by atomic mass is 16.2. The third kappa shape index (κ3) is 2.92. The largest absolute Gasteiger partial charge is 0.368 e. The van der Waals surface area contributed by atoms with Crippen molar-refractivity contribution in [3.05, 3.63) is 42.0 Å². The van der Waals surface area contributed by atoms with Crippen molar-refractivity contribution < 1.29 is 4.79 Å². The Morgan fingerprint density at radius 1 is 1.22 bits per heavy atom. The second kappa shape index (κ2) is 5.71. The third-order valence-corrected chi connectivity index (χ3v) is 3.27. The molecule has 1 amide bonds. The van der Waals surface area contributed by atoms with Gasteiger partial charge in [0.1, 0.15) is 0 Å². The highest BCUT2D eigenvalue weighted by Crippen LogP contribution is 2.17. The van der Waals surface area contributed by atoms with E-state index in [2.05, 4.69) is 36.1 Å². The van der Waals surface area contributed by atoms with E-state index in [1.807, 2.05) is 11.8 Å². The molecule has 18 heavy (non-hydrogen) atoms. The summed E-state index contributed by atoms with van der Waals surface area (Å²) in [5, 5.41) is 0. The predicted molar refractivity (Wildman–Crippen MR) is 74.8 cm³/mol. The molecule has 0 aromatic heterocycles. The second-order valence-electron chi connectivity index (χ2n) is 4.65. The Morgan fingerprint density at radius 3 is 2.56 bits per heavy atom. The summed E-state index contributed by atoms with van der Waals surface area (Å²) in [6.45, 7) is 7.41. The van der Waals surface area contributed by atoms with E-state index >= 15 is 0 Å². The minimum atomic E-state index is 0.126. The van der Waals surface area contributed by atoms with E-state index < -0.39 is 0 Å². The van der Waals surface area contributed by atoms with E-state index in [0.29, 0.717) is 0 Å². The molecule has 0 radical (unpaired) electrons. The Kier molecular flexibility index (Phi) is 4.03. The first-order chi connectivity index (χ1) is 8.70. The minimum absolute atomic E-state index is 0.126. The first kappa shape index (κ1) is 12.7. The van der Waals surface area contributed by atoms with E-state index in [1.165, 1.54) is 11.3 Å². The number of benzene rings is 1. The van der Waals surface area contributed by atoms with Gasteiger partial charge in [-0.3, -0.25) is 4.79 Å².